The zero-order chi connectivity index (χ0) is 8.10. The highest BCUT2D eigenvalue weighted by molar-refractivity contribution is 7.09. The van der Waals surface area contributed by atoms with Gasteiger partial charge in [-0.1, -0.05) is 0 Å². The Hall–Kier alpha value is -1.50. The van der Waals surface area contributed by atoms with Gasteiger partial charge in [0.15, 0.2) is 6.04 Å². The molecular formula is C6H3N3OS. The summed E-state index contributed by atoms with van der Waals surface area (Å²) in [6.07, 6.45) is 2.85. The molecule has 1 aromatic rings. The number of nitrogens with zero attached hydrogens (tertiary/aromatic N) is 3. The van der Waals surface area contributed by atoms with E-state index in [-0.39, 0.29) is 0 Å². The Bertz CT molecular complexity index is 307. The number of rotatable bonds is 2. The Morgan fingerprint density at radius 3 is 3.09 bits per heavy atom. The van der Waals surface area contributed by atoms with Gasteiger partial charge >= 0.3 is 0 Å². The number of aromatic nitrogens is 1. The average molecular weight is 165 g/mol. The SMILES string of the molecule is N#CC(N=C=O)c1cncs1. The molecule has 0 aliphatic heterocycles. The van der Waals surface area contributed by atoms with Crippen molar-refractivity contribution in [1.82, 2.24) is 4.98 Å². The number of aliphatic imine (C=N–C) groups is 1. The van der Waals surface area contributed by atoms with Crippen LogP contribution in [-0.2, 0) is 4.79 Å². The van der Waals surface area contributed by atoms with Crippen LogP contribution in [0.5, 0.6) is 0 Å². The van der Waals surface area contributed by atoms with E-state index in [4.69, 9.17) is 5.26 Å². The molecule has 1 rings (SSSR count). The summed E-state index contributed by atoms with van der Waals surface area (Å²) in [6.45, 7) is 0. The largest absolute Gasteiger partial charge is 0.253 e. The van der Waals surface area contributed by atoms with Gasteiger partial charge < -0.3 is 0 Å². The highest BCUT2D eigenvalue weighted by atomic mass is 32.1. The van der Waals surface area contributed by atoms with Gasteiger partial charge in [-0.2, -0.15) is 10.3 Å². The Balaban J connectivity index is 2.90. The minimum absolute atomic E-state index is 0.663. The molecule has 1 aromatic heterocycles. The fourth-order valence-corrected chi connectivity index (χ4v) is 1.17. The van der Waals surface area contributed by atoms with E-state index in [1.165, 1.54) is 23.6 Å². The molecule has 1 atom stereocenters. The molecule has 0 bridgehead atoms. The third-order valence-corrected chi connectivity index (χ3v) is 1.85. The second kappa shape index (κ2) is 3.62. The first-order chi connectivity index (χ1) is 5.38. The molecule has 5 heteroatoms. The number of isocyanates is 1. The molecular weight excluding hydrogens is 162 g/mol. The van der Waals surface area contributed by atoms with Crippen LogP contribution < -0.4 is 0 Å². The van der Waals surface area contributed by atoms with Gasteiger partial charge in [-0.15, -0.1) is 11.3 Å². The molecule has 0 aromatic carbocycles. The summed E-state index contributed by atoms with van der Waals surface area (Å²) in [6, 6.07) is 1.11. The summed E-state index contributed by atoms with van der Waals surface area (Å²) in [7, 11) is 0. The highest BCUT2D eigenvalue weighted by Crippen LogP contribution is 2.18. The smallest absolute Gasteiger partial charge is 0.236 e. The van der Waals surface area contributed by atoms with Crippen LogP contribution in [0.15, 0.2) is 16.7 Å². The van der Waals surface area contributed by atoms with E-state index in [1.54, 1.807) is 5.51 Å². The molecule has 0 aliphatic carbocycles. The van der Waals surface area contributed by atoms with Gasteiger partial charge in [0.1, 0.15) is 0 Å². The van der Waals surface area contributed by atoms with E-state index in [1.807, 2.05) is 6.07 Å². The minimum Gasteiger partial charge on any atom is -0.253 e. The van der Waals surface area contributed by atoms with E-state index in [9.17, 15) is 4.79 Å². The molecule has 0 aliphatic rings. The fourth-order valence-electron chi connectivity index (χ4n) is 0.569. The zero-order valence-corrected chi connectivity index (χ0v) is 6.21. The average Bonchev–Trinajstić information content (AvgIpc) is 2.52. The summed E-state index contributed by atoms with van der Waals surface area (Å²) in [5.41, 5.74) is 1.58. The van der Waals surface area contributed by atoms with E-state index >= 15 is 0 Å². The maximum atomic E-state index is 9.81. The lowest BCUT2D eigenvalue weighted by Crippen LogP contribution is -1.85. The van der Waals surface area contributed by atoms with Crippen LogP contribution in [-0.4, -0.2) is 11.1 Å². The summed E-state index contributed by atoms with van der Waals surface area (Å²) >= 11 is 1.29. The molecule has 0 fully saturated rings. The fraction of sp³-hybridized carbons (Fsp3) is 0.167. The standard InChI is InChI=1S/C6H3N3OS/c7-1-5(9-3-10)6-2-8-4-11-6/h2,4-5H. The lowest BCUT2D eigenvalue weighted by Gasteiger charge is -1.91. The maximum absolute atomic E-state index is 9.81. The van der Waals surface area contributed by atoms with Crippen molar-refractivity contribution in [2.45, 2.75) is 6.04 Å². The molecule has 0 N–H and O–H groups in total. The molecule has 4 nitrogen and oxygen atoms in total. The van der Waals surface area contributed by atoms with Crippen LogP contribution in [0.1, 0.15) is 10.9 Å². The third-order valence-electron chi connectivity index (χ3n) is 1.03. The minimum atomic E-state index is -0.736. The summed E-state index contributed by atoms with van der Waals surface area (Å²) in [5, 5.41) is 8.49. The van der Waals surface area contributed by atoms with Crippen LogP contribution in [0.4, 0.5) is 0 Å². The molecule has 0 amide bonds. The van der Waals surface area contributed by atoms with Crippen LogP contribution in [0.25, 0.3) is 0 Å². The lowest BCUT2D eigenvalue weighted by atomic mass is 10.3. The van der Waals surface area contributed by atoms with E-state index in [2.05, 4.69) is 9.98 Å². The van der Waals surface area contributed by atoms with Crippen molar-refractivity contribution in [3.63, 3.8) is 0 Å². The second-order valence-corrected chi connectivity index (χ2v) is 2.57. The number of nitriles is 1. The predicted octanol–water partition coefficient (Wildman–Crippen LogP) is 1.04. The molecule has 0 radical (unpaired) electrons. The second-order valence-electron chi connectivity index (χ2n) is 1.66. The molecule has 1 heterocycles. The van der Waals surface area contributed by atoms with E-state index in [0.717, 1.165) is 0 Å². The van der Waals surface area contributed by atoms with Crippen LogP contribution in [0, 0.1) is 11.3 Å². The Morgan fingerprint density at radius 1 is 1.82 bits per heavy atom. The van der Waals surface area contributed by atoms with Crippen molar-refractivity contribution in [2.24, 2.45) is 4.99 Å². The van der Waals surface area contributed by atoms with E-state index < -0.39 is 6.04 Å². The molecule has 1 unspecified atom stereocenters. The van der Waals surface area contributed by atoms with Gasteiger partial charge in [0.05, 0.1) is 16.5 Å². The van der Waals surface area contributed by atoms with Gasteiger partial charge in [0.2, 0.25) is 6.08 Å². The third kappa shape index (κ3) is 1.71. The van der Waals surface area contributed by atoms with E-state index in [0.29, 0.717) is 4.88 Å². The van der Waals surface area contributed by atoms with Gasteiger partial charge in [0.25, 0.3) is 0 Å². The molecule has 0 saturated heterocycles. The number of thiazole rings is 1. The topological polar surface area (TPSA) is 66.1 Å². The van der Waals surface area contributed by atoms with Gasteiger partial charge in [-0.25, -0.2) is 4.79 Å². The molecule has 0 spiro atoms. The molecule has 0 saturated carbocycles. The predicted molar refractivity (Wildman–Crippen MR) is 38.6 cm³/mol. The number of hydrogen-bond acceptors (Lipinski definition) is 5. The lowest BCUT2D eigenvalue weighted by molar-refractivity contribution is 0.561. The summed E-state index contributed by atoms with van der Waals surface area (Å²) in [4.78, 5) is 17.5. The first-order valence-corrected chi connectivity index (χ1v) is 3.61. The molecule has 54 valence electrons. The normalized spacial score (nSPS) is 11.2. The first kappa shape index (κ1) is 7.61. The van der Waals surface area contributed by atoms with Crippen LogP contribution in [0.2, 0.25) is 0 Å². The monoisotopic (exact) mass is 165 g/mol. The summed E-state index contributed by atoms with van der Waals surface area (Å²) < 4.78 is 0. The maximum Gasteiger partial charge on any atom is 0.236 e. The Morgan fingerprint density at radius 2 is 2.64 bits per heavy atom. The van der Waals surface area contributed by atoms with Crippen LogP contribution >= 0.6 is 11.3 Å². The first-order valence-electron chi connectivity index (χ1n) is 2.73. The van der Waals surface area contributed by atoms with Crippen molar-refractivity contribution in [1.29, 1.82) is 5.26 Å². The molecule has 11 heavy (non-hydrogen) atoms. The van der Waals surface area contributed by atoms with Crippen molar-refractivity contribution < 1.29 is 4.79 Å². The van der Waals surface area contributed by atoms with Crippen molar-refractivity contribution in [2.75, 3.05) is 0 Å². The van der Waals surface area contributed by atoms with Crippen molar-refractivity contribution in [3.05, 3.63) is 16.6 Å². The Kier molecular flexibility index (Phi) is 2.50. The number of hydrogen-bond donors (Lipinski definition) is 0. The van der Waals surface area contributed by atoms with Gasteiger partial charge in [0, 0.05) is 6.20 Å². The van der Waals surface area contributed by atoms with Crippen molar-refractivity contribution in [3.8, 4) is 6.07 Å². The van der Waals surface area contributed by atoms with Gasteiger partial charge in [-0.05, 0) is 0 Å². The highest BCUT2D eigenvalue weighted by Gasteiger charge is 2.08. The van der Waals surface area contributed by atoms with Crippen molar-refractivity contribution >= 4 is 17.4 Å². The Labute approximate surface area is 66.8 Å². The summed E-state index contributed by atoms with van der Waals surface area (Å²) in [5.74, 6) is 0. The zero-order valence-electron chi connectivity index (χ0n) is 5.39. The quantitative estimate of drug-likeness (QED) is 0.485. The van der Waals surface area contributed by atoms with Crippen LogP contribution in [0.3, 0.4) is 0 Å². The number of carbonyl (C=O) groups excluding carboxylic acids is 1. The van der Waals surface area contributed by atoms with Gasteiger partial charge in [-0.3, -0.25) is 4.98 Å².